The minimum atomic E-state index is 0.418. The first-order chi connectivity index (χ1) is 35.0. The van der Waals surface area contributed by atoms with Gasteiger partial charge in [0.1, 0.15) is 0 Å². The topological polar surface area (TPSA) is 108 Å². The minimum absolute atomic E-state index is 0.418. The Balaban J connectivity index is 0.991. The summed E-state index contributed by atoms with van der Waals surface area (Å²) in [7, 11) is 0. The SMILES string of the molecule is N#Cc1cc(C#N)cc(-n2c3ccccc3c3cc(N(c4ccc(-c5ccc(-c6ccc(-c7ccccc7)cc6)cc5)cc4)c4ccc5c(c4)c4ccccc4n5-c4cc(C#N)cc(C#N)c4)ccc32)c1. The molecule has 12 rings (SSSR count). The molecule has 0 aliphatic rings. The highest BCUT2D eigenvalue weighted by Crippen LogP contribution is 2.43. The molecule has 0 spiro atoms. The van der Waals surface area contributed by atoms with Crippen LogP contribution in [0.5, 0.6) is 0 Å². The van der Waals surface area contributed by atoms with Gasteiger partial charge in [-0.1, -0.05) is 127 Å². The second kappa shape index (κ2) is 17.3. The van der Waals surface area contributed by atoms with Gasteiger partial charge in [-0.3, -0.25) is 0 Å². The van der Waals surface area contributed by atoms with Crippen molar-refractivity contribution < 1.29 is 0 Å². The maximum Gasteiger partial charge on any atom is 0.0992 e. The highest BCUT2D eigenvalue weighted by Gasteiger charge is 2.21. The highest BCUT2D eigenvalue weighted by molar-refractivity contribution is 6.12. The Morgan fingerprint density at radius 1 is 0.268 bits per heavy atom. The van der Waals surface area contributed by atoms with Crippen molar-refractivity contribution >= 4 is 60.7 Å². The first-order valence-electron chi connectivity index (χ1n) is 23.1. The summed E-state index contributed by atoms with van der Waals surface area (Å²) in [6.45, 7) is 0. The molecule has 7 heteroatoms. The number of hydrogen-bond acceptors (Lipinski definition) is 5. The van der Waals surface area contributed by atoms with E-state index >= 15 is 0 Å². The van der Waals surface area contributed by atoms with Crippen molar-refractivity contribution in [3.8, 4) is 69.0 Å². The van der Waals surface area contributed by atoms with Crippen molar-refractivity contribution in [1.82, 2.24) is 9.13 Å². The van der Waals surface area contributed by atoms with Crippen molar-refractivity contribution in [2.45, 2.75) is 0 Å². The third-order valence-electron chi connectivity index (χ3n) is 13.4. The summed E-state index contributed by atoms with van der Waals surface area (Å²) >= 11 is 0. The van der Waals surface area contributed by atoms with Gasteiger partial charge in [-0.25, -0.2) is 0 Å². The van der Waals surface area contributed by atoms with Crippen LogP contribution in [-0.2, 0) is 0 Å². The lowest BCUT2D eigenvalue weighted by molar-refractivity contribution is 1.17. The molecule has 0 fully saturated rings. The van der Waals surface area contributed by atoms with E-state index in [1.54, 1.807) is 12.1 Å². The second-order valence-corrected chi connectivity index (χ2v) is 17.5. The average Bonchev–Trinajstić information content (AvgIpc) is 3.95. The fourth-order valence-corrected chi connectivity index (χ4v) is 10.1. The Morgan fingerprint density at radius 3 is 0.958 bits per heavy atom. The lowest BCUT2D eigenvalue weighted by atomic mass is 9.98. The van der Waals surface area contributed by atoms with Gasteiger partial charge in [0.25, 0.3) is 0 Å². The summed E-state index contributed by atoms with van der Waals surface area (Å²) in [4.78, 5) is 2.28. The summed E-state index contributed by atoms with van der Waals surface area (Å²) in [6.07, 6.45) is 0. The van der Waals surface area contributed by atoms with Gasteiger partial charge in [0.05, 0.1) is 68.6 Å². The normalized spacial score (nSPS) is 11.0. The molecule has 0 N–H and O–H groups in total. The predicted octanol–water partition coefficient (Wildman–Crippen LogP) is 15.8. The van der Waals surface area contributed by atoms with Crippen LogP contribution in [0.1, 0.15) is 22.3 Å². The molecule has 0 saturated carbocycles. The molecular formula is C64H37N7. The molecule has 2 heterocycles. The largest absolute Gasteiger partial charge is 0.310 e. The molecular weight excluding hydrogens is 867 g/mol. The molecule has 0 aliphatic heterocycles. The van der Waals surface area contributed by atoms with E-state index in [0.717, 1.165) is 94.3 Å². The Kier molecular flexibility index (Phi) is 10.2. The first kappa shape index (κ1) is 42.0. The number of fused-ring (bicyclic) bond motifs is 6. The van der Waals surface area contributed by atoms with Crippen LogP contribution >= 0.6 is 0 Å². The summed E-state index contributed by atoms with van der Waals surface area (Å²) in [5, 5.41) is 43.8. The third kappa shape index (κ3) is 7.38. The van der Waals surface area contributed by atoms with Gasteiger partial charge in [0.2, 0.25) is 0 Å². The van der Waals surface area contributed by atoms with Gasteiger partial charge in [0.15, 0.2) is 0 Å². The van der Waals surface area contributed by atoms with Gasteiger partial charge >= 0.3 is 0 Å². The summed E-state index contributed by atoms with van der Waals surface area (Å²) in [5.74, 6) is 0. The van der Waals surface area contributed by atoms with E-state index in [4.69, 9.17) is 0 Å². The van der Waals surface area contributed by atoms with E-state index in [0.29, 0.717) is 22.3 Å². The number of anilines is 3. The van der Waals surface area contributed by atoms with Gasteiger partial charge in [-0.2, -0.15) is 21.0 Å². The zero-order valence-electron chi connectivity index (χ0n) is 38.0. The van der Waals surface area contributed by atoms with Crippen LogP contribution in [0.3, 0.4) is 0 Å². The van der Waals surface area contributed by atoms with Crippen molar-refractivity contribution in [2.75, 3.05) is 4.90 Å². The number of nitrogens with zero attached hydrogens (tertiary/aromatic N) is 7. The van der Waals surface area contributed by atoms with Gasteiger partial charge in [-0.15, -0.1) is 0 Å². The zero-order chi connectivity index (χ0) is 48.0. The minimum Gasteiger partial charge on any atom is -0.310 e. The van der Waals surface area contributed by atoms with Crippen LogP contribution in [0.15, 0.2) is 224 Å². The molecule has 71 heavy (non-hydrogen) atoms. The van der Waals surface area contributed by atoms with Crippen LogP contribution in [0.2, 0.25) is 0 Å². The first-order valence-corrected chi connectivity index (χ1v) is 23.1. The molecule has 0 radical (unpaired) electrons. The molecule has 10 aromatic carbocycles. The third-order valence-corrected chi connectivity index (χ3v) is 13.4. The van der Waals surface area contributed by atoms with Crippen LogP contribution < -0.4 is 4.90 Å². The van der Waals surface area contributed by atoms with Crippen LogP contribution in [0.4, 0.5) is 17.1 Å². The average molecular weight is 904 g/mol. The molecule has 0 amide bonds. The van der Waals surface area contributed by atoms with E-state index in [1.807, 2.05) is 54.6 Å². The quantitative estimate of drug-likeness (QED) is 0.151. The van der Waals surface area contributed by atoms with E-state index in [2.05, 4.69) is 196 Å². The monoisotopic (exact) mass is 903 g/mol. The molecule has 0 unspecified atom stereocenters. The smallest absolute Gasteiger partial charge is 0.0992 e. The predicted molar refractivity (Wildman–Crippen MR) is 285 cm³/mol. The Hall–Kier alpha value is -10.4. The molecule has 0 saturated heterocycles. The van der Waals surface area contributed by atoms with Crippen molar-refractivity contribution in [3.05, 3.63) is 247 Å². The standard InChI is InChI=1S/C64H37N7/c65-38-42-30-43(39-66)33-55(32-42)70-61-12-6-4-10-57(61)59-36-53(26-28-63(59)70)69(54-27-29-64-60(37-54)58-11-5-7-13-62(58)71(64)56-34-44(40-67)31-45(35-56)41-68)52-24-22-51(23-25-52)50-20-18-49(19-21-50)48-16-14-47(15-17-48)46-8-2-1-3-9-46/h1-37H. The van der Waals surface area contributed by atoms with Crippen molar-refractivity contribution in [2.24, 2.45) is 0 Å². The van der Waals surface area contributed by atoms with Gasteiger partial charge in [-0.05, 0) is 130 Å². The second-order valence-electron chi connectivity index (χ2n) is 17.5. The lowest BCUT2D eigenvalue weighted by Crippen LogP contribution is -2.10. The van der Waals surface area contributed by atoms with Gasteiger partial charge in [0, 0.05) is 50.0 Å². The maximum absolute atomic E-state index is 9.92. The summed E-state index contributed by atoms with van der Waals surface area (Å²) < 4.78 is 4.25. The van der Waals surface area contributed by atoms with Crippen LogP contribution in [0, 0.1) is 45.3 Å². The fraction of sp³-hybridized carbons (Fsp3) is 0. The van der Waals surface area contributed by atoms with Gasteiger partial charge < -0.3 is 14.0 Å². The Morgan fingerprint density at radius 2 is 0.577 bits per heavy atom. The van der Waals surface area contributed by atoms with Crippen LogP contribution in [0.25, 0.3) is 88.4 Å². The molecule has 0 atom stereocenters. The molecule has 12 aromatic rings. The molecule has 328 valence electrons. The number of benzene rings is 10. The van der Waals surface area contributed by atoms with E-state index in [9.17, 15) is 21.0 Å². The number of rotatable bonds is 8. The Bertz CT molecular complexity index is 3990. The van der Waals surface area contributed by atoms with Crippen molar-refractivity contribution in [1.29, 1.82) is 21.0 Å². The van der Waals surface area contributed by atoms with E-state index in [1.165, 1.54) is 11.1 Å². The summed E-state index contributed by atoms with van der Waals surface area (Å²) in [5.41, 5.74) is 16.7. The maximum atomic E-state index is 9.92. The number of para-hydroxylation sites is 2. The van der Waals surface area contributed by atoms with Crippen molar-refractivity contribution in [3.63, 3.8) is 0 Å². The molecule has 7 nitrogen and oxygen atoms in total. The molecule has 2 aromatic heterocycles. The Labute approximate surface area is 409 Å². The summed E-state index contributed by atoms with van der Waals surface area (Å²) in [6, 6.07) is 85.4. The lowest BCUT2D eigenvalue weighted by Gasteiger charge is -2.26. The number of aromatic nitrogens is 2. The molecule has 0 bridgehead atoms. The van der Waals surface area contributed by atoms with Crippen LogP contribution in [-0.4, -0.2) is 9.13 Å². The fourth-order valence-electron chi connectivity index (χ4n) is 10.1. The number of hydrogen-bond donors (Lipinski definition) is 0. The number of nitriles is 4. The zero-order valence-corrected chi connectivity index (χ0v) is 38.0. The molecule has 0 aliphatic carbocycles. The highest BCUT2D eigenvalue weighted by atomic mass is 15.1. The van der Waals surface area contributed by atoms with E-state index in [-0.39, 0.29) is 0 Å². The van der Waals surface area contributed by atoms with E-state index < -0.39 is 0 Å².